The number of carbonyl (C=O) groups excluding carboxylic acids is 2. The predicted octanol–water partition coefficient (Wildman–Crippen LogP) is 1.87. The summed E-state index contributed by atoms with van der Waals surface area (Å²) in [6.45, 7) is 5.77. The molecule has 0 aliphatic rings. The third-order valence-corrected chi connectivity index (χ3v) is 4.45. The Morgan fingerprint density at radius 2 is 1.78 bits per heavy atom. The molecule has 23 heavy (non-hydrogen) atoms. The molecule has 2 N–H and O–H groups in total. The summed E-state index contributed by atoms with van der Waals surface area (Å²) < 4.78 is 0. The molecule has 2 aromatic rings. The Morgan fingerprint density at radius 3 is 2.35 bits per heavy atom. The van der Waals surface area contributed by atoms with Gasteiger partial charge in [-0.3, -0.25) is 9.59 Å². The second kappa shape index (κ2) is 7.77. The molecule has 0 saturated carbocycles. The summed E-state index contributed by atoms with van der Waals surface area (Å²) in [6.07, 6.45) is 6.35. The molecule has 122 valence electrons. The molecule has 0 bridgehead atoms. The van der Waals surface area contributed by atoms with Crippen LogP contribution in [0.25, 0.3) is 0 Å². The summed E-state index contributed by atoms with van der Waals surface area (Å²) in [4.78, 5) is 37.4. The van der Waals surface area contributed by atoms with E-state index < -0.39 is 11.8 Å². The van der Waals surface area contributed by atoms with Crippen LogP contribution in [0.1, 0.15) is 42.5 Å². The van der Waals surface area contributed by atoms with Crippen molar-refractivity contribution < 1.29 is 9.59 Å². The summed E-state index contributed by atoms with van der Waals surface area (Å²) in [6, 6.07) is -0.322. The monoisotopic (exact) mass is 333 g/mol. The number of nitrogens with one attached hydrogen (secondary N) is 2. The van der Waals surface area contributed by atoms with Crippen molar-refractivity contribution in [3.8, 4) is 0 Å². The number of amides is 2. The Labute approximate surface area is 138 Å². The minimum atomic E-state index is -0.753. The first kappa shape index (κ1) is 17.0. The number of hydrogen-bond acceptors (Lipinski definition) is 6. The average molecular weight is 333 g/mol. The van der Waals surface area contributed by atoms with E-state index in [9.17, 15) is 9.59 Å². The van der Waals surface area contributed by atoms with Crippen LogP contribution in [0.5, 0.6) is 0 Å². The van der Waals surface area contributed by atoms with E-state index in [2.05, 4.69) is 25.6 Å². The molecule has 7 nitrogen and oxygen atoms in total. The van der Waals surface area contributed by atoms with E-state index in [1.54, 1.807) is 13.1 Å². The fraction of sp³-hybridized carbons (Fsp3) is 0.400. The van der Waals surface area contributed by atoms with Crippen molar-refractivity contribution in [2.24, 2.45) is 0 Å². The Balaban J connectivity index is 1.92. The Kier molecular flexibility index (Phi) is 5.75. The third kappa shape index (κ3) is 4.56. The second-order valence-electron chi connectivity index (χ2n) is 4.91. The molecule has 2 aromatic heterocycles. The topological polar surface area (TPSA) is 96.9 Å². The molecule has 0 spiro atoms. The number of aromatic nitrogens is 3. The first-order valence-corrected chi connectivity index (χ1v) is 8.22. The van der Waals surface area contributed by atoms with Crippen molar-refractivity contribution in [1.82, 2.24) is 20.3 Å². The van der Waals surface area contributed by atoms with E-state index in [-0.39, 0.29) is 6.04 Å². The summed E-state index contributed by atoms with van der Waals surface area (Å²) in [7, 11) is 0. The van der Waals surface area contributed by atoms with Gasteiger partial charge in [0.15, 0.2) is 0 Å². The lowest BCUT2D eigenvalue weighted by molar-refractivity contribution is -0.136. The third-order valence-electron chi connectivity index (χ3n) is 3.12. The summed E-state index contributed by atoms with van der Waals surface area (Å²) in [5.41, 5.74) is 0.387. The van der Waals surface area contributed by atoms with Crippen molar-refractivity contribution in [3.05, 3.63) is 34.3 Å². The molecule has 0 unspecified atom stereocenters. The molecular weight excluding hydrogens is 314 g/mol. The van der Waals surface area contributed by atoms with E-state index in [0.717, 1.165) is 16.3 Å². The zero-order chi connectivity index (χ0) is 16.8. The number of hydrogen-bond donors (Lipinski definition) is 2. The molecular formula is C15H19N5O2S. The van der Waals surface area contributed by atoms with Crippen LogP contribution in [0.4, 0.5) is 5.69 Å². The molecule has 0 aliphatic heterocycles. The normalized spacial score (nSPS) is 11.8. The minimum Gasteiger partial charge on any atom is -0.339 e. The van der Waals surface area contributed by atoms with Crippen molar-refractivity contribution >= 4 is 28.8 Å². The van der Waals surface area contributed by atoms with Gasteiger partial charge in [-0.05, 0) is 13.3 Å². The summed E-state index contributed by atoms with van der Waals surface area (Å²) >= 11 is 1.53. The summed E-state index contributed by atoms with van der Waals surface area (Å²) in [5.74, 6) is -0.793. The van der Waals surface area contributed by atoms with Crippen molar-refractivity contribution in [3.63, 3.8) is 0 Å². The number of nitrogens with zero attached hydrogens (tertiary/aromatic N) is 3. The molecule has 0 radical (unpaired) electrons. The van der Waals surface area contributed by atoms with Gasteiger partial charge in [-0.1, -0.05) is 13.8 Å². The van der Waals surface area contributed by atoms with Crippen LogP contribution in [0.3, 0.4) is 0 Å². The smallest absolute Gasteiger partial charge is 0.313 e. The predicted molar refractivity (Wildman–Crippen MR) is 88.1 cm³/mol. The number of rotatable bonds is 5. The van der Waals surface area contributed by atoms with Crippen molar-refractivity contribution in [2.45, 2.75) is 39.7 Å². The highest BCUT2D eigenvalue weighted by Crippen LogP contribution is 2.20. The number of aryl methyl sites for hydroxylation is 2. The maximum Gasteiger partial charge on any atom is 0.313 e. The number of carbonyl (C=O) groups is 2. The molecule has 1 atom stereocenters. The standard InChI is InChI=1S/C15H19N5O2S/c1-4-11-8-18-15(23-11)9(3)19-13(21)14(22)20-10-6-16-12(5-2)17-7-10/h6-9H,4-5H2,1-3H3,(H,19,21)(H,20,22)/t9-/m0/s1. The average Bonchev–Trinajstić information content (AvgIpc) is 3.04. The Hall–Kier alpha value is -2.35. The zero-order valence-electron chi connectivity index (χ0n) is 13.3. The van der Waals surface area contributed by atoms with E-state index >= 15 is 0 Å². The van der Waals surface area contributed by atoms with Gasteiger partial charge in [-0.25, -0.2) is 15.0 Å². The molecule has 0 aliphatic carbocycles. The molecule has 2 heterocycles. The SMILES string of the molecule is CCc1ncc(NC(=O)C(=O)N[C@@H](C)c2ncc(CC)s2)cn1. The van der Waals surface area contributed by atoms with E-state index in [0.29, 0.717) is 17.9 Å². The van der Waals surface area contributed by atoms with Gasteiger partial charge in [0.1, 0.15) is 10.8 Å². The van der Waals surface area contributed by atoms with Gasteiger partial charge in [0.05, 0.1) is 24.1 Å². The van der Waals surface area contributed by atoms with E-state index in [4.69, 9.17) is 0 Å². The van der Waals surface area contributed by atoms with Crippen molar-refractivity contribution in [2.75, 3.05) is 5.32 Å². The largest absolute Gasteiger partial charge is 0.339 e. The fourth-order valence-electron chi connectivity index (χ4n) is 1.80. The van der Waals surface area contributed by atoms with Crippen LogP contribution in [-0.4, -0.2) is 26.8 Å². The van der Waals surface area contributed by atoms with Gasteiger partial charge in [0, 0.05) is 17.5 Å². The van der Waals surface area contributed by atoms with E-state index in [1.807, 2.05) is 13.8 Å². The lowest BCUT2D eigenvalue weighted by atomic mass is 10.3. The van der Waals surface area contributed by atoms with Gasteiger partial charge in [0.2, 0.25) is 0 Å². The van der Waals surface area contributed by atoms with Crippen molar-refractivity contribution in [1.29, 1.82) is 0 Å². The highest BCUT2D eigenvalue weighted by atomic mass is 32.1. The Morgan fingerprint density at radius 1 is 1.09 bits per heavy atom. The lowest BCUT2D eigenvalue weighted by Crippen LogP contribution is -2.36. The van der Waals surface area contributed by atoms with Crippen LogP contribution in [0.15, 0.2) is 18.6 Å². The van der Waals surface area contributed by atoms with Crippen LogP contribution < -0.4 is 10.6 Å². The minimum absolute atomic E-state index is 0.322. The zero-order valence-corrected chi connectivity index (χ0v) is 14.1. The van der Waals surface area contributed by atoms with Gasteiger partial charge < -0.3 is 10.6 Å². The Bertz CT molecular complexity index is 683. The fourth-order valence-corrected chi connectivity index (χ4v) is 2.66. The first-order valence-electron chi connectivity index (χ1n) is 7.40. The number of thiazole rings is 1. The molecule has 0 fully saturated rings. The second-order valence-corrected chi connectivity index (χ2v) is 6.06. The maximum atomic E-state index is 11.9. The summed E-state index contributed by atoms with van der Waals surface area (Å²) in [5, 5.41) is 5.88. The molecule has 2 amide bonds. The van der Waals surface area contributed by atoms with Gasteiger partial charge >= 0.3 is 11.8 Å². The van der Waals surface area contributed by atoms with Crippen LogP contribution in [0, 0.1) is 0 Å². The van der Waals surface area contributed by atoms with Crippen LogP contribution in [0.2, 0.25) is 0 Å². The highest BCUT2D eigenvalue weighted by Gasteiger charge is 2.19. The van der Waals surface area contributed by atoms with Crippen LogP contribution >= 0.6 is 11.3 Å². The van der Waals surface area contributed by atoms with Gasteiger partial charge in [-0.2, -0.15) is 0 Å². The van der Waals surface area contributed by atoms with Crippen LogP contribution in [-0.2, 0) is 22.4 Å². The van der Waals surface area contributed by atoms with Gasteiger partial charge in [0.25, 0.3) is 0 Å². The molecule has 0 aromatic carbocycles. The number of anilines is 1. The molecule has 8 heteroatoms. The highest BCUT2D eigenvalue weighted by molar-refractivity contribution is 7.11. The van der Waals surface area contributed by atoms with E-state index in [1.165, 1.54) is 23.7 Å². The maximum absolute atomic E-state index is 11.9. The van der Waals surface area contributed by atoms with Gasteiger partial charge in [-0.15, -0.1) is 11.3 Å². The first-order chi connectivity index (χ1) is 11.0. The quantitative estimate of drug-likeness (QED) is 0.814. The molecule has 2 rings (SSSR count). The lowest BCUT2D eigenvalue weighted by Gasteiger charge is -2.11. The molecule has 0 saturated heterocycles.